The van der Waals surface area contributed by atoms with Crippen molar-refractivity contribution >= 4 is 12.1 Å². The second-order valence-electron chi connectivity index (χ2n) is 2.79. The molecular formula is C7H13N3O2. The Labute approximate surface area is 71.1 Å². The lowest BCUT2D eigenvalue weighted by Crippen LogP contribution is -2.56. The Kier molecular flexibility index (Phi) is 2.52. The normalized spacial score (nSPS) is 23.3. The molecule has 68 valence electrons. The molecule has 0 radical (unpaired) electrons. The Morgan fingerprint density at radius 1 is 1.75 bits per heavy atom. The molecule has 5 heteroatoms. The van der Waals surface area contributed by atoms with Crippen molar-refractivity contribution in [1.82, 2.24) is 15.5 Å². The van der Waals surface area contributed by atoms with Gasteiger partial charge in [0.2, 0.25) is 0 Å². The van der Waals surface area contributed by atoms with Crippen LogP contribution in [-0.2, 0) is 0 Å². The average molecular weight is 171 g/mol. The van der Waals surface area contributed by atoms with Crippen LogP contribution in [0.25, 0.3) is 0 Å². The number of hydrogen-bond acceptors (Lipinski definition) is 2. The lowest BCUT2D eigenvalue weighted by atomic mass is 10.2. The fourth-order valence-electron chi connectivity index (χ4n) is 1.22. The van der Waals surface area contributed by atoms with Gasteiger partial charge in [-0.3, -0.25) is 0 Å². The van der Waals surface area contributed by atoms with Crippen LogP contribution in [-0.4, -0.2) is 36.6 Å². The molecule has 1 rings (SSSR count). The lowest BCUT2D eigenvalue weighted by molar-refractivity contribution is 0.160. The van der Waals surface area contributed by atoms with Crippen molar-refractivity contribution in [2.75, 3.05) is 13.6 Å². The van der Waals surface area contributed by atoms with Gasteiger partial charge in [-0.25, -0.2) is 14.5 Å². The van der Waals surface area contributed by atoms with Crippen LogP contribution in [0.3, 0.4) is 0 Å². The Morgan fingerprint density at radius 3 is 2.92 bits per heavy atom. The summed E-state index contributed by atoms with van der Waals surface area (Å²) in [5.41, 5.74) is 0. The Morgan fingerprint density at radius 2 is 2.42 bits per heavy atom. The van der Waals surface area contributed by atoms with Gasteiger partial charge in [-0.15, -0.1) is 0 Å². The maximum atomic E-state index is 11.2. The summed E-state index contributed by atoms with van der Waals surface area (Å²) in [5, 5.41) is 5.03. The molecule has 1 atom stereocenters. The van der Waals surface area contributed by atoms with Gasteiger partial charge < -0.3 is 10.6 Å². The van der Waals surface area contributed by atoms with Crippen molar-refractivity contribution in [3.8, 4) is 0 Å². The molecule has 0 aromatic heterocycles. The molecule has 12 heavy (non-hydrogen) atoms. The third-order valence-corrected chi connectivity index (χ3v) is 1.93. The number of rotatable bonds is 0. The molecule has 0 aromatic rings. The third kappa shape index (κ3) is 1.49. The third-order valence-electron chi connectivity index (χ3n) is 1.93. The summed E-state index contributed by atoms with van der Waals surface area (Å²) in [6.07, 6.45) is 0.805. The Balaban J connectivity index is 2.69. The van der Waals surface area contributed by atoms with Crippen LogP contribution in [0.2, 0.25) is 0 Å². The number of carbonyl (C=O) groups excluding carboxylic acids is 2. The molecule has 0 aliphatic carbocycles. The highest BCUT2D eigenvalue weighted by molar-refractivity contribution is 5.94. The first-order valence-electron chi connectivity index (χ1n) is 3.95. The molecule has 0 bridgehead atoms. The van der Waals surface area contributed by atoms with E-state index in [-0.39, 0.29) is 18.1 Å². The molecule has 1 aliphatic rings. The number of nitrogens with one attached hydrogen (secondary N) is 2. The van der Waals surface area contributed by atoms with Gasteiger partial charge in [-0.2, -0.15) is 0 Å². The second-order valence-corrected chi connectivity index (χ2v) is 2.79. The molecule has 1 heterocycles. The molecule has 0 saturated carbocycles. The van der Waals surface area contributed by atoms with Crippen molar-refractivity contribution in [2.45, 2.75) is 19.4 Å². The van der Waals surface area contributed by atoms with Gasteiger partial charge in [0.15, 0.2) is 0 Å². The molecule has 0 spiro atoms. The zero-order chi connectivity index (χ0) is 9.14. The predicted molar refractivity (Wildman–Crippen MR) is 43.8 cm³/mol. The molecule has 1 unspecified atom stereocenters. The topological polar surface area (TPSA) is 61.4 Å². The van der Waals surface area contributed by atoms with Crippen molar-refractivity contribution < 1.29 is 9.59 Å². The fraction of sp³-hybridized carbons (Fsp3) is 0.714. The SMILES string of the molecule is CNC(=O)N1C(=O)NCCC1C. The summed E-state index contributed by atoms with van der Waals surface area (Å²) in [6.45, 7) is 2.50. The molecular weight excluding hydrogens is 158 g/mol. The van der Waals surface area contributed by atoms with Gasteiger partial charge in [0.1, 0.15) is 0 Å². The maximum Gasteiger partial charge on any atom is 0.325 e. The van der Waals surface area contributed by atoms with Gasteiger partial charge in [-0.05, 0) is 13.3 Å². The van der Waals surface area contributed by atoms with Crippen LogP contribution in [0, 0.1) is 0 Å². The summed E-state index contributed by atoms with van der Waals surface area (Å²) >= 11 is 0. The van der Waals surface area contributed by atoms with Crippen molar-refractivity contribution in [2.24, 2.45) is 0 Å². The van der Waals surface area contributed by atoms with Gasteiger partial charge in [0, 0.05) is 19.6 Å². The van der Waals surface area contributed by atoms with Crippen LogP contribution >= 0.6 is 0 Å². The van der Waals surface area contributed by atoms with Crippen LogP contribution in [0.4, 0.5) is 9.59 Å². The van der Waals surface area contributed by atoms with E-state index >= 15 is 0 Å². The highest BCUT2D eigenvalue weighted by atomic mass is 16.2. The summed E-state index contributed by atoms with van der Waals surface area (Å²) in [4.78, 5) is 23.5. The first kappa shape index (κ1) is 8.83. The zero-order valence-electron chi connectivity index (χ0n) is 7.26. The number of nitrogens with zero attached hydrogens (tertiary/aromatic N) is 1. The van der Waals surface area contributed by atoms with E-state index in [1.54, 1.807) is 0 Å². The van der Waals surface area contributed by atoms with E-state index in [1.165, 1.54) is 11.9 Å². The van der Waals surface area contributed by atoms with Gasteiger partial charge in [0.25, 0.3) is 0 Å². The summed E-state index contributed by atoms with van der Waals surface area (Å²) in [6, 6.07) is -0.675. The molecule has 1 aliphatic heterocycles. The molecule has 1 saturated heterocycles. The number of amides is 4. The lowest BCUT2D eigenvalue weighted by Gasteiger charge is -2.31. The molecule has 5 nitrogen and oxygen atoms in total. The van der Waals surface area contributed by atoms with E-state index in [4.69, 9.17) is 0 Å². The van der Waals surface area contributed by atoms with Crippen LogP contribution in [0.5, 0.6) is 0 Å². The zero-order valence-corrected chi connectivity index (χ0v) is 7.26. The minimum absolute atomic E-state index is 0.0151. The molecule has 0 aromatic carbocycles. The number of urea groups is 2. The first-order chi connectivity index (χ1) is 5.66. The van der Waals surface area contributed by atoms with Crippen molar-refractivity contribution in [3.05, 3.63) is 0 Å². The van der Waals surface area contributed by atoms with Gasteiger partial charge in [-0.1, -0.05) is 0 Å². The van der Waals surface area contributed by atoms with E-state index in [2.05, 4.69) is 10.6 Å². The minimum Gasteiger partial charge on any atom is -0.341 e. The smallest absolute Gasteiger partial charge is 0.325 e. The monoisotopic (exact) mass is 171 g/mol. The second kappa shape index (κ2) is 3.42. The van der Waals surface area contributed by atoms with E-state index in [9.17, 15) is 9.59 Å². The van der Waals surface area contributed by atoms with Crippen LogP contribution in [0.15, 0.2) is 0 Å². The molecule has 2 N–H and O–H groups in total. The Hall–Kier alpha value is -1.26. The predicted octanol–water partition coefficient (Wildman–Crippen LogP) is 0.130. The maximum absolute atomic E-state index is 11.2. The minimum atomic E-state index is -0.347. The largest absolute Gasteiger partial charge is 0.341 e. The van der Waals surface area contributed by atoms with E-state index < -0.39 is 0 Å². The summed E-state index contributed by atoms with van der Waals surface area (Å²) in [7, 11) is 1.51. The number of hydrogen-bond donors (Lipinski definition) is 2. The van der Waals surface area contributed by atoms with E-state index in [0.29, 0.717) is 6.54 Å². The molecule has 1 fully saturated rings. The van der Waals surface area contributed by atoms with E-state index in [0.717, 1.165) is 6.42 Å². The number of carbonyl (C=O) groups is 2. The highest BCUT2D eigenvalue weighted by Gasteiger charge is 2.29. The van der Waals surface area contributed by atoms with Crippen LogP contribution in [0.1, 0.15) is 13.3 Å². The summed E-state index contributed by atoms with van der Waals surface area (Å²) in [5.74, 6) is 0. The standard InChI is InChI=1S/C7H13N3O2/c1-5-3-4-9-7(12)10(5)6(11)8-2/h5H,3-4H2,1-2H3,(H,8,11)(H,9,12). The van der Waals surface area contributed by atoms with Gasteiger partial charge >= 0.3 is 12.1 Å². The van der Waals surface area contributed by atoms with Crippen molar-refractivity contribution in [1.29, 1.82) is 0 Å². The quantitative estimate of drug-likeness (QED) is 0.544. The summed E-state index contributed by atoms with van der Waals surface area (Å²) < 4.78 is 0. The average Bonchev–Trinajstić information content (AvgIpc) is 2.03. The van der Waals surface area contributed by atoms with Crippen LogP contribution < -0.4 is 10.6 Å². The van der Waals surface area contributed by atoms with Gasteiger partial charge in [0.05, 0.1) is 0 Å². The Bertz CT molecular complexity index is 197. The number of imide groups is 1. The van der Waals surface area contributed by atoms with Crippen molar-refractivity contribution in [3.63, 3.8) is 0 Å². The molecule has 4 amide bonds. The first-order valence-corrected chi connectivity index (χ1v) is 3.95. The van der Waals surface area contributed by atoms with E-state index in [1.807, 2.05) is 6.92 Å². The highest BCUT2D eigenvalue weighted by Crippen LogP contribution is 2.08. The fourth-order valence-corrected chi connectivity index (χ4v) is 1.22.